The maximum atomic E-state index is 12.8. The lowest BCUT2D eigenvalue weighted by atomic mass is 10.0. The smallest absolute Gasteiger partial charge is 0.318 e. The highest BCUT2D eigenvalue weighted by Crippen LogP contribution is 2.37. The van der Waals surface area contributed by atoms with Gasteiger partial charge in [-0.3, -0.25) is 4.79 Å². The molecule has 230 valence electrons. The summed E-state index contributed by atoms with van der Waals surface area (Å²) in [5, 5.41) is 12.4. The quantitative estimate of drug-likeness (QED) is 0.334. The van der Waals surface area contributed by atoms with Gasteiger partial charge in [-0.25, -0.2) is 4.39 Å². The van der Waals surface area contributed by atoms with E-state index in [9.17, 15) is 14.4 Å². The van der Waals surface area contributed by atoms with Gasteiger partial charge in [0.25, 0.3) is 0 Å². The van der Waals surface area contributed by atoms with Crippen LogP contribution in [0.4, 0.5) is 15.9 Å². The largest absolute Gasteiger partial charge is 0.462 e. The second kappa shape index (κ2) is 13.4. The number of alkyl halides is 1. The normalized spacial score (nSPS) is 20.7. The van der Waals surface area contributed by atoms with Crippen molar-refractivity contribution in [3.63, 3.8) is 0 Å². The molecule has 2 aromatic carbocycles. The molecule has 3 aliphatic rings. The highest BCUT2D eigenvalue weighted by atomic mass is 35.5. The molecule has 2 saturated heterocycles. The van der Waals surface area contributed by atoms with Gasteiger partial charge in [0.1, 0.15) is 19.1 Å². The first-order chi connectivity index (χ1) is 21.5. The van der Waals surface area contributed by atoms with E-state index in [4.69, 9.17) is 26.3 Å². The molecule has 4 heterocycles. The van der Waals surface area contributed by atoms with Crippen molar-refractivity contribution in [1.82, 2.24) is 19.8 Å². The SMILES string of the molecule is CN1CCCC1COc1nc2c(c(N3CCN(C(=O)/C=C/CF)[C@@H](CC#N)C3)n1)CCN(c1cccc3cccc(Cl)c13)C2. The van der Waals surface area contributed by atoms with Gasteiger partial charge in [-0.2, -0.15) is 15.2 Å². The topological polar surface area (TPSA) is 88.8 Å². The molecule has 1 unspecified atom stereocenters. The zero-order valence-corrected chi connectivity index (χ0v) is 25.7. The van der Waals surface area contributed by atoms with E-state index in [0.29, 0.717) is 49.9 Å². The van der Waals surface area contributed by atoms with Crippen molar-refractivity contribution < 1.29 is 13.9 Å². The summed E-state index contributed by atoms with van der Waals surface area (Å²) in [7, 11) is 2.12. The highest BCUT2D eigenvalue weighted by molar-refractivity contribution is 6.36. The number of carbonyl (C=O) groups is 1. The molecule has 0 radical (unpaired) electrons. The van der Waals surface area contributed by atoms with Crippen LogP contribution in [0.3, 0.4) is 0 Å². The number of benzene rings is 2. The Bertz CT molecular complexity index is 1590. The number of likely N-dealkylation sites (tertiary alicyclic amines) is 1. The zero-order valence-electron chi connectivity index (χ0n) is 25.0. The minimum Gasteiger partial charge on any atom is -0.462 e. The molecule has 3 aliphatic heterocycles. The maximum Gasteiger partial charge on any atom is 0.318 e. The second-order valence-corrected chi connectivity index (χ2v) is 12.1. The fourth-order valence-electron chi connectivity index (χ4n) is 6.68. The van der Waals surface area contributed by atoms with Crippen LogP contribution in [0.1, 0.15) is 30.5 Å². The van der Waals surface area contributed by atoms with Gasteiger partial charge in [-0.1, -0.05) is 35.9 Å². The first-order valence-corrected chi connectivity index (χ1v) is 15.6. The number of carbonyl (C=O) groups excluding carboxylic acids is 1. The first-order valence-electron chi connectivity index (χ1n) is 15.3. The minimum absolute atomic E-state index is 0.173. The van der Waals surface area contributed by atoms with Crippen LogP contribution >= 0.6 is 11.6 Å². The van der Waals surface area contributed by atoms with E-state index in [2.05, 4.69) is 52.1 Å². The van der Waals surface area contributed by atoms with Crippen molar-refractivity contribution in [3.8, 4) is 12.1 Å². The van der Waals surface area contributed by atoms with E-state index >= 15 is 0 Å². The minimum atomic E-state index is -0.705. The van der Waals surface area contributed by atoms with Crippen LogP contribution in [-0.4, -0.2) is 90.8 Å². The summed E-state index contributed by atoms with van der Waals surface area (Å²) in [6.45, 7) is 3.58. The predicted octanol–water partition coefficient (Wildman–Crippen LogP) is 4.78. The van der Waals surface area contributed by atoms with Gasteiger partial charge in [0, 0.05) is 54.9 Å². The van der Waals surface area contributed by atoms with E-state index < -0.39 is 6.67 Å². The van der Waals surface area contributed by atoms with E-state index in [0.717, 1.165) is 65.9 Å². The number of likely N-dealkylation sites (N-methyl/N-ethyl adjacent to an activating group) is 1. The number of halogens is 2. The van der Waals surface area contributed by atoms with Gasteiger partial charge in [0.15, 0.2) is 0 Å². The van der Waals surface area contributed by atoms with Gasteiger partial charge in [-0.15, -0.1) is 0 Å². The summed E-state index contributed by atoms with van der Waals surface area (Å²) in [6.07, 6.45) is 5.58. The number of hydrogen-bond donors (Lipinski definition) is 0. The van der Waals surface area contributed by atoms with Crippen LogP contribution in [0, 0.1) is 11.3 Å². The average Bonchev–Trinajstić information content (AvgIpc) is 3.46. The Balaban J connectivity index is 1.32. The summed E-state index contributed by atoms with van der Waals surface area (Å²) in [5.41, 5.74) is 3.03. The fraction of sp³-hybridized carbons (Fsp3) is 0.455. The Morgan fingerprint density at radius 3 is 2.75 bits per heavy atom. The van der Waals surface area contributed by atoms with Gasteiger partial charge in [-0.05, 0) is 56.4 Å². The van der Waals surface area contributed by atoms with Crippen molar-refractivity contribution in [2.24, 2.45) is 0 Å². The van der Waals surface area contributed by atoms with Gasteiger partial charge in [0.05, 0.1) is 35.8 Å². The lowest BCUT2D eigenvalue weighted by Gasteiger charge is -2.42. The Labute approximate surface area is 262 Å². The highest BCUT2D eigenvalue weighted by Gasteiger charge is 2.34. The summed E-state index contributed by atoms with van der Waals surface area (Å²) < 4.78 is 19.0. The molecule has 2 atom stereocenters. The summed E-state index contributed by atoms with van der Waals surface area (Å²) in [6, 6.07) is 14.7. The molecule has 0 spiro atoms. The molecule has 9 nitrogen and oxygen atoms in total. The zero-order chi connectivity index (χ0) is 30.6. The Hall–Kier alpha value is -3.94. The Morgan fingerprint density at radius 1 is 1.14 bits per heavy atom. The Morgan fingerprint density at radius 2 is 1.98 bits per heavy atom. The second-order valence-electron chi connectivity index (χ2n) is 11.7. The molecule has 0 N–H and O–H groups in total. The number of rotatable bonds is 8. The fourth-order valence-corrected chi connectivity index (χ4v) is 6.96. The number of allylic oxidation sites excluding steroid dienone is 1. The van der Waals surface area contributed by atoms with E-state index in [1.54, 1.807) is 4.90 Å². The van der Waals surface area contributed by atoms with E-state index in [1.807, 2.05) is 12.1 Å². The molecule has 0 saturated carbocycles. The molecular weight excluding hydrogens is 581 g/mol. The number of hydrogen-bond acceptors (Lipinski definition) is 8. The summed E-state index contributed by atoms with van der Waals surface area (Å²) in [4.78, 5) is 31.1. The number of amides is 1. The molecule has 1 aromatic heterocycles. The van der Waals surface area contributed by atoms with Gasteiger partial charge < -0.3 is 24.3 Å². The van der Waals surface area contributed by atoms with Crippen LogP contribution in [0.15, 0.2) is 48.6 Å². The van der Waals surface area contributed by atoms with Crippen LogP contribution in [0.5, 0.6) is 6.01 Å². The third-order valence-corrected chi connectivity index (χ3v) is 9.33. The number of ether oxygens (including phenoxy) is 1. The third-order valence-electron chi connectivity index (χ3n) is 9.01. The number of anilines is 2. The van der Waals surface area contributed by atoms with Crippen molar-refractivity contribution in [2.45, 2.75) is 44.3 Å². The molecule has 11 heteroatoms. The van der Waals surface area contributed by atoms with Crippen molar-refractivity contribution in [1.29, 1.82) is 5.26 Å². The van der Waals surface area contributed by atoms with E-state index in [1.165, 1.54) is 12.2 Å². The molecule has 2 fully saturated rings. The van der Waals surface area contributed by atoms with Gasteiger partial charge in [0.2, 0.25) is 5.91 Å². The molecule has 3 aromatic rings. The van der Waals surface area contributed by atoms with Crippen molar-refractivity contribution in [2.75, 3.05) is 62.9 Å². The Kier molecular flexibility index (Phi) is 9.14. The molecule has 0 aliphatic carbocycles. The molecule has 1 amide bonds. The third kappa shape index (κ3) is 6.17. The van der Waals surface area contributed by atoms with Crippen LogP contribution < -0.4 is 14.5 Å². The molecular formula is C33H37ClFN7O2. The number of nitrogens with zero attached hydrogens (tertiary/aromatic N) is 7. The summed E-state index contributed by atoms with van der Waals surface area (Å²) in [5.74, 6) is 0.524. The average molecular weight is 618 g/mol. The number of nitriles is 1. The van der Waals surface area contributed by atoms with Gasteiger partial charge >= 0.3 is 6.01 Å². The lowest BCUT2D eigenvalue weighted by molar-refractivity contribution is -0.128. The maximum absolute atomic E-state index is 12.8. The first kappa shape index (κ1) is 30.1. The number of piperazine rings is 1. The van der Waals surface area contributed by atoms with Crippen molar-refractivity contribution >= 4 is 39.8 Å². The van der Waals surface area contributed by atoms with Crippen LogP contribution in [-0.2, 0) is 17.8 Å². The molecule has 6 rings (SSSR count). The molecule has 44 heavy (non-hydrogen) atoms. The van der Waals surface area contributed by atoms with Crippen LogP contribution in [0.2, 0.25) is 5.02 Å². The number of aromatic nitrogens is 2. The predicted molar refractivity (Wildman–Crippen MR) is 170 cm³/mol. The number of fused-ring (bicyclic) bond motifs is 2. The lowest BCUT2D eigenvalue weighted by Crippen LogP contribution is -2.55. The van der Waals surface area contributed by atoms with E-state index in [-0.39, 0.29) is 18.4 Å². The van der Waals surface area contributed by atoms with Crippen LogP contribution in [0.25, 0.3) is 10.8 Å². The molecule has 0 bridgehead atoms. The van der Waals surface area contributed by atoms with Crippen molar-refractivity contribution in [3.05, 3.63) is 64.8 Å². The standard InChI is InChI=1S/C33H37ClFN7O2/c1-39-16-5-8-25(39)22-44-33-37-28-21-40(29-10-3-7-23-6-2-9-27(34)31(23)29)17-13-26(28)32(38-33)41-18-19-42(24(20-41)12-15-36)30(43)11-4-14-35/h2-4,6-7,9-11,24-25H,5,8,12-14,16-22H2,1H3/b11-4+/t24-,25?/m0/s1. The monoisotopic (exact) mass is 617 g/mol. The summed E-state index contributed by atoms with van der Waals surface area (Å²) >= 11 is 6.69.